The molecular weight excluding hydrogens is 188 g/mol. The number of nitrogens with one attached hydrogen (secondary N) is 1. The zero-order valence-corrected chi connectivity index (χ0v) is 9.25. The van der Waals surface area contributed by atoms with Gasteiger partial charge in [-0.05, 0) is 43.0 Å². The largest absolute Gasteiger partial charge is 0.390 e. The third kappa shape index (κ3) is 1.85. The highest BCUT2D eigenvalue weighted by Gasteiger charge is 2.27. The summed E-state index contributed by atoms with van der Waals surface area (Å²) in [6.45, 7) is 4.51. The first-order valence-corrected chi connectivity index (χ1v) is 5.36. The minimum atomic E-state index is -0.461. The fourth-order valence-corrected chi connectivity index (χ4v) is 2.26. The van der Waals surface area contributed by atoms with Gasteiger partial charge in [-0.25, -0.2) is 0 Å². The maximum absolute atomic E-state index is 9.70. The number of rotatable bonds is 2. The van der Waals surface area contributed by atoms with Crippen LogP contribution in [0.2, 0.25) is 0 Å². The molecule has 0 aromatic heterocycles. The summed E-state index contributed by atoms with van der Waals surface area (Å²) in [5, 5.41) is 13.0. The van der Waals surface area contributed by atoms with Crippen LogP contribution >= 0.6 is 0 Å². The molecule has 0 radical (unpaired) electrons. The van der Waals surface area contributed by atoms with Crippen LogP contribution in [0, 0.1) is 13.8 Å². The van der Waals surface area contributed by atoms with Crippen molar-refractivity contribution in [3.05, 3.63) is 28.8 Å². The summed E-state index contributed by atoms with van der Waals surface area (Å²) < 4.78 is 0. The van der Waals surface area contributed by atoms with Gasteiger partial charge in [0.05, 0.1) is 12.1 Å². The first-order chi connectivity index (χ1) is 7.11. The lowest BCUT2D eigenvalue weighted by molar-refractivity contribution is 0.162. The Morgan fingerprint density at radius 3 is 2.93 bits per heavy atom. The molecule has 1 aliphatic heterocycles. The van der Waals surface area contributed by atoms with Crippen molar-refractivity contribution in [1.29, 1.82) is 0 Å². The second kappa shape index (κ2) is 3.83. The van der Waals surface area contributed by atoms with Gasteiger partial charge in [-0.1, -0.05) is 6.07 Å². The fourth-order valence-electron chi connectivity index (χ4n) is 2.26. The average Bonchev–Trinajstić information content (AvgIpc) is 2.60. The molecule has 0 fully saturated rings. The van der Waals surface area contributed by atoms with Crippen molar-refractivity contribution in [2.24, 2.45) is 5.73 Å². The van der Waals surface area contributed by atoms with E-state index < -0.39 is 6.10 Å². The Labute approximate surface area is 90.3 Å². The first kappa shape index (κ1) is 10.5. The number of aryl methyl sites for hydroxylation is 2. The van der Waals surface area contributed by atoms with Crippen molar-refractivity contribution >= 4 is 5.69 Å². The van der Waals surface area contributed by atoms with E-state index in [1.54, 1.807) is 0 Å². The molecule has 0 amide bonds. The lowest BCUT2D eigenvalue weighted by atomic mass is 10.00. The lowest BCUT2D eigenvalue weighted by Crippen LogP contribution is -2.37. The summed E-state index contributed by atoms with van der Waals surface area (Å²) in [4.78, 5) is 0. The molecule has 0 saturated carbocycles. The van der Waals surface area contributed by atoms with Crippen LogP contribution in [0.5, 0.6) is 0 Å². The Bertz CT molecular complexity index is 376. The van der Waals surface area contributed by atoms with Gasteiger partial charge in [-0.15, -0.1) is 0 Å². The Morgan fingerprint density at radius 2 is 2.27 bits per heavy atom. The first-order valence-electron chi connectivity index (χ1n) is 5.36. The molecule has 1 aromatic carbocycles. The van der Waals surface area contributed by atoms with Crippen LogP contribution in [0.25, 0.3) is 0 Å². The molecular formula is C12H18N2O. The number of aliphatic hydroxyl groups is 1. The summed E-state index contributed by atoms with van der Waals surface area (Å²) >= 11 is 0. The maximum atomic E-state index is 9.70. The van der Waals surface area contributed by atoms with E-state index in [4.69, 9.17) is 5.73 Å². The standard InChI is InChI=1S/C12H18N2O/c1-7-3-8(2)9-5-11(12(15)6-13)14-10(9)4-7/h3-4,11-12,14-15H,5-6,13H2,1-2H3. The molecule has 82 valence electrons. The number of benzene rings is 1. The molecule has 3 nitrogen and oxygen atoms in total. The molecule has 0 bridgehead atoms. The van der Waals surface area contributed by atoms with E-state index in [1.165, 1.54) is 16.7 Å². The van der Waals surface area contributed by atoms with Gasteiger partial charge in [0.15, 0.2) is 0 Å². The van der Waals surface area contributed by atoms with Crippen molar-refractivity contribution < 1.29 is 5.11 Å². The van der Waals surface area contributed by atoms with Gasteiger partial charge in [0.25, 0.3) is 0 Å². The summed E-state index contributed by atoms with van der Waals surface area (Å²) in [6.07, 6.45) is 0.414. The van der Waals surface area contributed by atoms with Crippen LogP contribution in [-0.2, 0) is 6.42 Å². The maximum Gasteiger partial charge on any atom is 0.0866 e. The Balaban J connectivity index is 2.27. The molecule has 1 heterocycles. The van der Waals surface area contributed by atoms with Crippen molar-refractivity contribution in [2.45, 2.75) is 32.4 Å². The number of anilines is 1. The van der Waals surface area contributed by atoms with E-state index >= 15 is 0 Å². The van der Waals surface area contributed by atoms with Crippen LogP contribution in [0.15, 0.2) is 12.1 Å². The average molecular weight is 206 g/mol. The van der Waals surface area contributed by atoms with E-state index in [0.717, 1.165) is 12.1 Å². The lowest BCUT2D eigenvalue weighted by Gasteiger charge is -2.16. The fraction of sp³-hybridized carbons (Fsp3) is 0.500. The van der Waals surface area contributed by atoms with Crippen molar-refractivity contribution in [3.63, 3.8) is 0 Å². The highest BCUT2D eigenvalue weighted by molar-refractivity contribution is 5.61. The van der Waals surface area contributed by atoms with Crippen LogP contribution in [0.1, 0.15) is 16.7 Å². The van der Waals surface area contributed by atoms with Crippen LogP contribution in [-0.4, -0.2) is 23.8 Å². The molecule has 0 saturated heterocycles. The summed E-state index contributed by atoms with van der Waals surface area (Å²) in [5.41, 5.74) is 10.5. The molecule has 0 aliphatic carbocycles. The SMILES string of the molecule is Cc1cc(C)c2c(c1)NC(C(O)CN)C2. The number of fused-ring (bicyclic) bond motifs is 1. The smallest absolute Gasteiger partial charge is 0.0866 e. The van der Waals surface area contributed by atoms with Crippen LogP contribution in [0.3, 0.4) is 0 Å². The van der Waals surface area contributed by atoms with E-state index in [9.17, 15) is 5.11 Å². The van der Waals surface area contributed by atoms with Gasteiger partial charge in [-0.3, -0.25) is 0 Å². The number of nitrogens with two attached hydrogens (primary N) is 1. The Morgan fingerprint density at radius 1 is 1.53 bits per heavy atom. The van der Waals surface area contributed by atoms with Gasteiger partial charge < -0.3 is 16.2 Å². The zero-order valence-electron chi connectivity index (χ0n) is 9.25. The van der Waals surface area contributed by atoms with Gasteiger partial charge in [0.2, 0.25) is 0 Å². The molecule has 1 aromatic rings. The minimum absolute atomic E-state index is 0.0745. The number of hydrogen-bond acceptors (Lipinski definition) is 3. The molecule has 0 spiro atoms. The molecule has 15 heavy (non-hydrogen) atoms. The van der Waals surface area contributed by atoms with Gasteiger partial charge >= 0.3 is 0 Å². The summed E-state index contributed by atoms with van der Waals surface area (Å²) in [5.74, 6) is 0. The van der Waals surface area contributed by atoms with Crippen molar-refractivity contribution in [1.82, 2.24) is 0 Å². The predicted molar refractivity (Wildman–Crippen MR) is 62.1 cm³/mol. The van der Waals surface area contributed by atoms with E-state index in [0.29, 0.717) is 6.54 Å². The van der Waals surface area contributed by atoms with E-state index in [1.807, 2.05) is 0 Å². The second-order valence-electron chi connectivity index (χ2n) is 4.37. The van der Waals surface area contributed by atoms with Crippen molar-refractivity contribution in [2.75, 3.05) is 11.9 Å². The third-order valence-electron chi connectivity index (χ3n) is 3.09. The summed E-state index contributed by atoms with van der Waals surface area (Å²) in [6, 6.07) is 4.38. The summed E-state index contributed by atoms with van der Waals surface area (Å²) in [7, 11) is 0. The quantitative estimate of drug-likeness (QED) is 0.675. The molecule has 2 rings (SSSR count). The molecule has 1 aliphatic rings. The Hall–Kier alpha value is -1.06. The third-order valence-corrected chi connectivity index (χ3v) is 3.09. The molecule has 2 unspecified atom stereocenters. The predicted octanol–water partition coefficient (Wildman–Crippen LogP) is 0.960. The number of hydrogen-bond donors (Lipinski definition) is 3. The highest BCUT2D eigenvalue weighted by atomic mass is 16.3. The van der Waals surface area contributed by atoms with Crippen LogP contribution < -0.4 is 11.1 Å². The minimum Gasteiger partial charge on any atom is -0.390 e. The normalized spacial score (nSPS) is 20.9. The highest BCUT2D eigenvalue weighted by Crippen LogP contribution is 2.30. The second-order valence-corrected chi connectivity index (χ2v) is 4.37. The van der Waals surface area contributed by atoms with E-state index in [2.05, 4.69) is 31.3 Å². The monoisotopic (exact) mass is 206 g/mol. The van der Waals surface area contributed by atoms with Gasteiger partial charge in [0, 0.05) is 12.2 Å². The van der Waals surface area contributed by atoms with Gasteiger partial charge in [0.1, 0.15) is 0 Å². The molecule has 4 N–H and O–H groups in total. The van der Waals surface area contributed by atoms with Crippen molar-refractivity contribution in [3.8, 4) is 0 Å². The number of aliphatic hydroxyl groups excluding tert-OH is 1. The van der Waals surface area contributed by atoms with Crippen LogP contribution in [0.4, 0.5) is 5.69 Å². The molecule has 3 heteroatoms. The zero-order chi connectivity index (χ0) is 11.0. The topological polar surface area (TPSA) is 58.3 Å². The molecule has 2 atom stereocenters. The van der Waals surface area contributed by atoms with Gasteiger partial charge in [-0.2, -0.15) is 0 Å². The van der Waals surface area contributed by atoms with E-state index in [-0.39, 0.29) is 6.04 Å². The Kier molecular flexibility index (Phi) is 2.67.